The molecule has 122 valence electrons. The first-order valence-electron chi connectivity index (χ1n) is 6.94. The zero-order chi connectivity index (χ0) is 16.3. The van der Waals surface area contributed by atoms with Gasteiger partial charge in [-0.3, -0.25) is 4.79 Å². The highest BCUT2D eigenvalue weighted by molar-refractivity contribution is 7.88. The van der Waals surface area contributed by atoms with E-state index in [1.54, 1.807) is 4.90 Å². The lowest BCUT2D eigenvalue weighted by Gasteiger charge is -2.21. The van der Waals surface area contributed by atoms with Gasteiger partial charge in [0.25, 0.3) is 0 Å². The lowest BCUT2D eigenvalue weighted by molar-refractivity contribution is -0.130. The summed E-state index contributed by atoms with van der Waals surface area (Å²) in [5.41, 5.74) is 0.567. The van der Waals surface area contributed by atoms with Gasteiger partial charge in [0.15, 0.2) is 0 Å². The molecule has 1 aliphatic heterocycles. The molecule has 2 rings (SSSR count). The van der Waals surface area contributed by atoms with E-state index in [1.165, 1.54) is 28.8 Å². The monoisotopic (exact) mass is 348 g/mol. The van der Waals surface area contributed by atoms with E-state index in [4.69, 9.17) is 11.6 Å². The highest BCUT2D eigenvalue weighted by atomic mass is 35.5. The number of amides is 1. The van der Waals surface area contributed by atoms with Crippen LogP contribution in [0.15, 0.2) is 18.2 Å². The Morgan fingerprint density at radius 2 is 2.00 bits per heavy atom. The van der Waals surface area contributed by atoms with E-state index in [1.807, 2.05) is 0 Å². The number of sulfonamides is 1. The summed E-state index contributed by atoms with van der Waals surface area (Å²) in [4.78, 5) is 13.9. The highest BCUT2D eigenvalue weighted by Gasteiger charge is 2.24. The van der Waals surface area contributed by atoms with Gasteiger partial charge in [-0.25, -0.2) is 17.1 Å². The van der Waals surface area contributed by atoms with E-state index < -0.39 is 15.8 Å². The van der Waals surface area contributed by atoms with Crippen molar-refractivity contribution >= 4 is 27.5 Å². The minimum Gasteiger partial charge on any atom is -0.341 e. The van der Waals surface area contributed by atoms with Gasteiger partial charge >= 0.3 is 0 Å². The van der Waals surface area contributed by atoms with Gasteiger partial charge in [-0.15, -0.1) is 0 Å². The molecule has 0 aliphatic carbocycles. The molecule has 1 heterocycles. The van der Waals surface area contributed by atoms with E-state index in [9.17, 15) is 17.6 Å². The normalized spacial score (nSPS) is 17.3. The third-order valence-electron chi connectivity index (χ3n) is 3.63. The van der Waals surface area contributed by atoms with Crippen molar-refractivity contribution < 1.29 is 17.6 Å². The molecule has 0 unspecified atom stereocenters. The molecule has 1 amide bonds. The van der Waals surface area contributed by atoms with Crippen molar-refractivity contribution in [3.8, 4) is 0 Å². The zero-order valence-electron chi connectivity index (χ0n) is 12.3. The van der Waals surface area contributed by atoms with Crippen molar-refractivity contribution in [2.45, 2.75) is 12.8 Å². The maximum atomic E-state index is 13.0. The fourth-order valence-corrected chi connectivity index (χ4v) is 3.52. The molecular weight excluding hydrogens is 331 g/mol. The quantitative estimate of drug-likeness (QED) is 0.832. The first-order chi connectivity index (χ1) is 10.3. The van der Waals surface area contributed by atoms with Crippen LogP contribution >= 0.6 is 11.6 Å². The van der Waals surface area contributed by atoms with Crippen molar-refractivity contribution in [1.82, 2.24) is 9.21 Å². The van der Waals surface area contributed by atoms with Gasteiger partial charge in [0.2, 0.25) is 15.9 Å². The average Bonchev–Trinajstić information content (AvgIpc) is 2.67. The lowest BCUT2D eigenvalue weighted by atomic mass is 10.1. The SMILES string of the molecule is CS(=O)(=O)N1CCCN(C(=O)Cc2ccc(F)cc2Cl)CC1. The largest absolute Gasteiger partial charge is 0.341 e. The summed E-state index contributed by atoms with van der Waals surface area (Å²) in [6.45, 7) is 1.57. The zero-order valence-corrected chi connectivity index (χ0v) is 13.8. The van der Waals surface area contributed by atoms with Crippen molar-refractivity contribution in [3.05, 3.63) is 34.6 Å². The number of hydrogen-bond donors (Lipinski definition) is 0. The van der Waals surface area contributed by atoms with Crippen LogP contribution < -0.4 is 0 Å². The Kier molecular flexibility index (Phi) is 5.41. The van der Waals surface area contributed by atoms with Crippen LogP contribution in [0, 0.1) is 5.82 Å². The summed E-state index contributed by atoms with van der Waals surface area (Å²) in [5, 5.41) is 0.223. The third kappa shape index (κ3) is 4.41. The van der Waals surface area contributed by atoms with Gasteiger partial charge in [-0.05, 0) is 24.1 Å². The molecule has 1 aliphatic rings. The Bertz CT molecular complexity index is 666. The van der Waals surface area contributed by atoms with E-state index in [-0.39, 0.29) is 17.4 Å². The molecule has 22 heavy (non-hydrogen) atoms. The molecule has 0 saturated carbocycles. The highest BCUT2D eigenvalue weighted by Crippen LogP contribution is 2.19. The van der Waals surface area contributed by atoms with E-state index in [2.05, 4.69) is 0 Å². The van der Waals surface area contributed by atoms with Gasteiger partial charge < -0.3 is 4.90 Å². The maximum Gasteiger partial charge on any atom is 0.227 e. The number of carbonyl (C=O) groups is 1. The molecular formula is C14H18ClFN2O3S. The Hall–Kier alpha value is -1.18. The van der Waals surface area contributed by atoms with Crippen LogP contribution in [0.3, 0.4) is 0 Å². The maximum absolute atomic E-state index is 13.0. The molecule has 0 atom stereocenters. The Labute approximate surface area is 134 Å². The van der Waals surface area contributed by atoms with Crippen LogP contribution in [-0.4, -0.2) is 56.0 Å². The standard InChI is InChI=1S/C14H18ClFN2O3S/c1-22(20,21)18-6-2-5-17(7-8-18)14(19)9-11-3-4-12(16)10-13(11)15/h3-4,10H,2,5-9H2,1H3. The Morgan fingerprint density at radius 1 is 1.27 bits per heavy atom. The van der Waals surface area contributed by atoms with Gasteiger partial charge in [-0.1, -0.05) is 17.7 Å². The first kappa shape index (κ1) is 17.2. The number of rotatable bonds is 3. The lowest BCUT2D eigenvalue weighted by Crippen LogP contribution is -2.37. The summed E-state index contributed by atoms with van der Waals surface area (Å²) in [6.07, 6.45) is 1.84. The number of hydrogen-bond acceptors (Lipinski definition) is 3. The summed E-state index contributed by atoms with van der Waals surface area (Å²) >= 11 is 5.93. The van der Waals surface area contributed by atoms with Gasteiger partial charge in [0.1, 0.15) is 5.82 Å². The molecule has 0 spiro atoms. The molecule has 0 radical (unpaired) electrons. The summed E-state index contributed by atoms with van der Waals surface area (Å²) in [5.74, 6) is -0.580. The molecule has 0 N–H and O–H groups in total. The molecule has 5 nitrogen and oxygen atoms in total. The molecule has 1 aromatic rings. The third-order valence-corrected chi connectivity index (χ3v) is 5.29. The minimum atomic E-state index is -3.24. The summed E-state index contributed by atoms with van der Waals surface area (Å²) in [6, 6.07) is 3.94. The molecule has 0 aromatic heterocycles. The van der Waals surface area contributed by atoms with Crippen molar-refractivity contribution in [1.29, 1.82) is 0 Å². The molecule has 1 saturated heterocycles. The topological polar surface area (TPSA) is 57.7 Å². The molecule has 1 aromatic carbocycles. The fourth-order valence-electron chi connectivity index (χ4n) is 2.41. The molecule has 1 fully saturated rings. The van der Waals surface area contributed by atoms with Crippen LogP contribution in [0.2, 0.25) is 5.02 Å². The second-order valence-corrected chi connectivity index (χ2v) is 7.70. The summed E-state index contributed by atoms with van der Waals surface area (Å²) in [7, 11) is -3.24. The molecule has 8 heteroatoms. The van der Waals surface area contributed by atoms with Crippen LogP contribution in [0.25, 0.3) is 0 Å². The van der Waals surface area contributed by atoms with Gasteiger partial charge in [0.05, 0.1) is 12.7 Å². The Morgan fingerprint density at radius 3 is 2.64 bits per heavy atom. The van der Waals surface area contributed by atoms with Crippen LogP contribution in [0.5, 0.6) is 0 Å². The predicted molar refractivity (Wildman–Crippen MR) is 82.7 cm³/mol. The Balaban J connectivity index is 2.01. The first-order valence-corrected chi connectivity index (χ1v) is 9.17. The second kappa shape index (κ2) is 6.93. The van der Waals surface area contributed by atoms with E-state index >= 15 is 0 Å². The van der Waals surface area contributed by atoms with Gasteiger partial charge in [-0.2, -0.15) is 0 Å². The van der Waals surface area contributed by atoms with E-state index in [0.29, 0.717) is 38.2 Å². The smallest absolute Gasteiger partial charge is 0.227 e. The van der Waals surface area contributed by atoms with Crippen molar-refractivity contribution in [2.75, 3.05) is 32.4 Å². The number of carbonyl (C=O) groups excluding carboxylic acids is 1. The van der Waals surface area contributed by atoms with Crippen molar-refractivity contribution in [3.63, 3.8) is 0 Å². The minimum absolute atomic E-state index is 0.0813. The fraction of sp³-hybridized carbons (Fsp3) is 0.500. The summed E-state index contributed by atoms with van der Waals surface area (Å²) < 4.78 is 37.5. The van der Waals surface area contributed by atoms with Crippen LogP contribution in [0.4, 0.5) is 4.39 Å². The van der Waals surface area contributed by atoms with Crippen LogP contribution in [0.1, 0.15) is 12.0 Å². The predicted octanol–water partition coefficient (Wildman–Crippen LogP) is 1.52. The second-order valence-electron chi connectivity index (χ2n) is 5.31. The molecule has 0 bridgehead atoms. The van der Waals surface area contributed by atoms with Crippen molar-refractivity contribution in [2.24, 2.45) is 0 Å². The number of halogens is 2. The van der Waals surface area contributed by atoms with E-state index in [0.717, 1.165) is 0 Å². The number of nitrogens with zero attached hydrogens (tertiary/aromatic N) is 2. The van der Waals surface area contributed by atoms with Gasteiger partial charge in [0, 0.05) is 31.2 Å². The average molecular weight is 349 g/mol. The van der Waals surface area contributed by atoms with Crippen LogP contribution in [-0.2, 0) is 21.2 Å². The number of benzene rings is 1.